The third-order valence-corrected chi connectivity index (χ3v) is 7.10. The van der Waals surface area contributed by atoms with Crippen molar-refractivity contribution in [3.63, 3.8) is 0 Å². The van der Waals surface area contributed by atoms with Crippen molar-refractivity contribution in [1.82, 2.24) is 19.9 Å². The van der Waals surface area contributed by atoms with Crippen molar-refractivity contribution in [2.24, 2.45) is 0 Å². The first kappa shape index (κ1) is 26.7. The summed E-state index contributed by atoms with van der Waals surface area (Å²) in [6, 6.07) is 16.1. The summed E-state index contributed by atoms with van der Waals surface area (Å²) < 4.78 is 11.2. The number of nitrogens with zero attached hydrogens (tertiary/aromatic N) is 4. The number of carbonyl (C=O) groups is 1. The Hall–Kier alpha value is -4.92. The largest absolute Gasteiger partial charge is 0.493 e. The molecule has 1 aliphatic rings. The first-order chi connectivity index (χ1) is 19.4. The standard InChI is InChI=1S/C31H32N6O3/c1-19-8-9-22(17-34-19)28-24-7-5-4-6-21(24)10-12-37(28)13-11-26(38)25-15-20(16-27(39-2)29(25)40-3)14-23-18-35-31(33)36-30(23)32/h4-9,11,13,15-18,28H,10,12,14H2,1-3H3,(H4,32,33,35,36). The van der Waals surface area contributed by atoms with Gasteiger partial charge >= 0.3 is 0 Å². The summed E-state index contributed by atoms with van der Waals surface area (Å²) in [6.07, 6.45) is 8.22. The van der Waals surface area contributed by atoms with Crippen molar-refractivity contribution in [2.45, 2.75) is 25.8 Å². The molecular weight excluding hydrogens is 504 g/mol. The van der Waals surface area contributed by atoms with Gasteiger partial charge in [0.25, 0.3) is 0 Å². The molecule has 1 atom stereocenters. The lowest BCUT2D eigenvalue weighted by molar-refractivity contribution is 0.104. The van der Waals surface area contributed by atoms with E-state index in [1.807, 2.05) is 37.5 Å². The Balaban J connectivity index is 1.48. The molecule has 1 aliphatic heterocycles. The lowest BCUT2D eigenvalue weighted by atomic mass is 9.89. The van der Waals surface area contributed by atoms with Crippen LogP contribution in [0.15, 0.2) is 73.2 Å². The van der Waals surface area contributed by atoms with Crippen LogP contribution >= 0.6 is 0 Å². The number of allylic oxidation sites excluding steroid dienone is 1. The predicted molar refractivity (Wildman–Crippen MR) is 154 cm³/mol. The maximum absolute atomic E-state index is 13.7. The highest BCUT2D eigenvalue weighted by Gasteiger charge is 2.27. The molecule has 204 valence electrons. The second kappa shape index (κ2) is 11.4. The van der Waals surface area contributed by atoms with Crippen LogP contribution in [0.3, 0.4) is 0 Å². The van der Waals surface area contributed by atoms with Gasteiger partial charge in [0, 0.05) is 48.9 Å². The lowest BCUT2D eigenvalue weighted by Crippen LogP contribution is -2.32. The van der Waals surface area contributed by atoms with Gasteiger partial charge in [-0.2, -0.15) is 4.98 Å². The number of ether oxygens (including phenoxy) is 2. The fourth-order valence-corrected chi connectivity index (χ4v) is 5.11. The normalized spacial score (nSPS) is 14.7. The van der Waals surface area contributed by atoms with Crippen molar-refractivity contribution in [3.8, 4) is 11.5 Å². The highest BCUT2D eigenvalue weighted by Crippen LogP contribution is 2.37. The topological polar surface area (TPSA) is 129 Å². The van der Waals surface area contributed by atoms with Crippen LogP contribution in [-0.2, 0) is 12.8 Å². The number of anilines is 2. The van der Waals surface area contributed by atoms with Crippen LogP contribution in [0.2, 0.25) is 0 Å². The van der Waals surface area contributed by atoms with Crippen LogP contribution in [0.4, 0.5) is 11.8 Å². The number of nitrogens with two attached hydrogens (primary N) is 2. The molecule has 3 heterocycles. The molecule has 9 nitrogen and oxygen atoms in total. The molecule has 2 aromatic carbocycles. The van der Waals surface area contributed by atoms with Crippen LogP contribution in [-0.4, -0.2) is 46.4 Å². The van der Waals surface area contributed by atoms with Gasteiger partial charge < -0.3 is 25.8 Å². The monoisotopic (exact) mass is 536 g/mol. The summed E-state index contributed by atoms with van der Waals surface area (Å²) in [4.78, 5) is 28.5. The Bertz CT molecular complexity index is 1570. The number of aryl methyl sites for hydroxylation is 1. The number of benzene rings is 2. The second-order valence-electron chi connectivity index (χ2n) is 9.70. The van der Waals surface area contributed by atoms with Gasteiger partial charge in [-0.15, -0.1) is 0 Å². The van der Waals surface area contributed by atoms with Gasteiger partial charge in [0.05, 0.1) is 25.8 Å². The average molecular weight is 537 g/mol. The Morgan fingerprint density at radius 1 is 1.07 bits per heavy atom. The molecule has 0 saturated heterocycles. The van der Waals surface area contributed by atoms with Crippen LogP contribution < -0.4 is 20.9 Å². The zero-order valence-corrected chi connectivity index (χ0v) is 22.8. The highest BCUT2D eigenvalue weighted by atomic mass is 16.5. The van der Waals surface area contributed by atoms with Gasteiger partial charge in [-0.05, 0) is 53.8 Å². The van der Waals surface area contributed by atoms with E-state index in [0.717, 1.165) is 29.8 Å². The SMILES string of the molecule is COc1cc(Cc2cnc(N)nc2N)cc(C(=O)C=CN2CCc3ccccc3C2c2ccc(C)nc2)c1OC. The minimum absolute atomic E-state index is 0.0571. The van der Waals surface area contributed by atoms with Gasteiger partial charge in [-0.25, -0.2) is 4.98 Å². The van der Waals surface area contributed by atoms with Crippen LogP contribution in [0, 0.1) is 6.92 Å². The molecule has 0 radical (unpaired) electrons. The number of nitrogen functional groups attached to an aromatic ring is 2. The van der Waals surface area contributed by atoms with Crippen LogP contribution in [0.1, 0.15) is 49.9 Å². The van der Waals surface area contributed by atoms with Crippen molar-refractivity contribution >= 4 is 17.5 Å². The maximum atomic E-state index is 13.7. The molecule has 40 heavy (non-hydrogen) atoms. The zero-order chi connectivity index (χ0) is 28.2. The van der Waals surface area contributed by atoms with E-state index in [0.29, 0.717) is 29.0 Å². The summed E-state index contributed by atoms with van der Waals surface area (Å²) in [6.45, 7) is 2.73. The first-order valence-corrected chi connectivity index (χ1v) is 13.0. The Kier molecular flexibility index (Phi) is 7.63. The fraction of sp³-hybridized carbons (Fsp3) is 0.226. The minimum atomic E-state index is -0.210. The van der Waals surface area contributed by atoms with Crippen molar-refractivity contribution in [1.29, 1.82) is 0 Å². The molecule has 1 unspecified atom stereocenters. The molecule has 0 amide bonds. The number of methoxy groups -OCH3 is 2. The minimum Gasteiger partial charge on any atom is -0.493 e. The number of pyridine rings is 1. The third-order valence-electron chi connectivity index (χ3n) is 7.10. The molecule has 0 spiro atoms. The van der Waals surface area contributed by atoms with Gasteiger partial charge in [-0.3, -0.25) is 9.78 Å². The van der Waals surface area contributed by atoms with Crippen molar-refractivity contribution in [2.75, 3.05) is 32.2 Å². The highest BCUT2D eigenvalue weighted by molar-refractivity contribution is 6.07. The molecule has 9 heteroatoms. The number of aromatic nitrogens is 3. The van der Waals surface area contributed by atoms with E-state index in [1.165, 1.54) is 25.3 Å². The lowest BCUT2D eigenvalue weighted by Gasteiger charge is -2.37. The molecule has 5 rings (SSSR count). The van der Waals surface area contributed by atoms with E-state index in [2.05, 4.69) is 44.1 Å². The first-order valence-electron chi connectivity index (χ1n) is 13.0. The van der Waals surface area contributed by atoms with Crippen molar-refractivity contribution < 1.29 is 14.3 Å². The fourth-order valence-electron chi connectivity index (χ4n) is 5.11. The number of hydrogen-bond acceptors (Lipinski definition) is 9. The Labute approximate surface area is 233 Å². The van der Waals surface area contributed by atoms with E-state index < -0.39 is 0 Å². The Morgan fingerprint density at radius 2 is 1.90 bits per heavy atom. The van der Waals surface area contributed by atoms with E-state index in [9.17, 15) is 4.79 Å². The molecule has 0 bridgehead atoms. The molecule has 4 N–H and O–H groups in total. The number of ketones is 1. The van der Waals surface area contributed by atoms with E-state index >= 15 is 0 Å². The molecule has 4 aromatic rings. The van der Waals surface area contributed by atoms with Gasteiger partial charge in [0.2, 0.25) is 5.95 Å². The van der Waals surface area contributed by atoms with Gasteiger partial charge in [-0.1, -0.05) is 30.3 Å². The van der Waals surface area contributed by atoms with E-state index in [1.54, 1.807) is 18.3 Å². The molecule has 0 fully saturated rings. The number of fused-ring (bicyclic) bond motifs is 1. The van der Waals surface area contributed by atoms with Crippen LogP contribution in [0.5, 0.6) is 11.5 Å². The second-order valence-corrected chi connectivity index (χ2v) is 9.70. The summed E-state index contributed by atoms with van der Waals surface area (Å²) in [5.41, 5.74) is 18.1. The molecular formula is C31H32N6O3. The van der Waals surface area contributed by atoms with Gasteiger partial charge in [0.1, 0.15) is 5.82 Å². The maximum Gasteiger partial charge on any atom is 0.221 e. The van der Waals surface area contributed by atoms with Crippen molar-refractivity contribution in [3.05, 3.63) is 112 Å². The average Bonchev–Trinajstić information content (AvgIpc) is 2.97. The van der Waals surface area contributed by atoms with Gasteiger partial charge in [0.15, 0.2) is 17.3 Å². The molecule has 0 saturated carbocycles. The Morgan fingerprint density at radius 3 is 2.62 bits per heavy atom. The summed E-state index contributed by atoms with van der Waals surface area (Å²) >= 11 is 0. The predicted octanol–water partition coefficient (Wildman–Crippen LogP) is 4.30. The van der Waals surface area contributed by atoms with E-state index in [4.69, 9.17) is 20.9 Å². The van der Waals surface area contributed by atoms with Crippen LogP contribution in [0.25, 0.3) is 0 Å². The smallest absolute Gasteiger partial charge is 0.221 e. The van der Waals surface area contributed by atoms with E-state index in [-0.39, 0.29) is 23.6 Å². The number of hydrogen-bond donors (Lipinski definition) is 2. The molecule has 0 aliphatic carbocycles. The number of carbonyl (C=O) groups excluding carboxylic acids is 1. The summed E-state index contributed by atoms with van der Waals surface area (Å²) in [7, 11) is 3.06. The summed E-state index contributed by atoms with van der Waals surface area (Å²) in [5, 5.41) is 0. The quantitative estimate of drug-likeness (QED) is 0.250. The molecule has 2 aromatic heterocycles. The summed E-state index contributed by atoms with van der Waals surface area (Å²) in [5.74, 6) is 0.998. The number of rotatable bonds is 8. The third kappa shape index (κ3) is 5.44. The zero-order valence-electron chi connectivity index (χ0n) is 22.8.